The monoisotopic (exact) mass is 174 g/mol. The van der Waals surface area contributed by atoms with Crippen molar-refractivity contribution >= 4 is 10.0 Å². The predicted octanol–water partition coefficient (Wildman–Crippen LogP) is 3.12. The first-order valence-corrected chi connectivity index (χ1v) is 7.66. The number of rotatable bonds is 2. The van der Waals surface area contributed by atoms with Gasteiger partial charge in [0.2, 0.25) is 0 Å². The third-order valence-corrected chi connectivity index (χ3v) is 4.01. The second-order valence-corrected chi connectivity index (χ2v) is 9.56. The van der Waals surface area contributed by atoms with Crippen LogP contribution in [0.5, 0.6) is 0 Å². The zero-order valence-electron chi connectivity index (χ0n) is 8.39. The van der Waals surface area contributed by atoms with Gasteiger partial charge in [-0.05, 0) is 49.2 Å². The molecule has 0 N–H and O–H groups in total. The lowest BCUT2D eigenvalue weighted by Gasteiger charge is -2.28. The molecular formula is C10H22S. The molecule has 0 saturated heterocycles. The Labute approximate surface area is 73.1 Å². The van der Waals surface area contributed by atoms with Crippen LogP contribution in [0.2, 0.25) is 0 Å². The van der Waals surface area contributed by atoms with Crippen molar-refractivity contribution in [2.45, 2.75) is 26.2 Å². The van der Waals surface area contributed by atoms with E-state index in [9.17, 15) is 0 Å². The molecule has 0 bridgehead atoms. The average molecular weight is 174 g/mol. The second kappa shape index (κ2) is 3.38. The minimum atomic E-state index is -0.231. The fourth-order valence-corrected chi connectivity index (χ4v) is 3.90. The zero-order chi connectivity index (χ0) is 8.48. The van der Waals surface area contributed by atoms with Gasteiger partial charge in [0.25, 0.3) is 0 Å². The van der Waals surface area contributed by atoms with E-state index in [-0.39, 0.29) is 10.0 Å². The van der Waals surface area contributed by atoms with Gasteiger partial charge in [0, 0.05) is 0 Å². The molecular weight excluding hydrogens is 152 g/mol. The SMILES string of the molecule is CC1CCC(CS(C)(C)C)C1. The van der Waals surface area contributed by atoms with Crippen molar-refractivity contribution in [1.29, 1.82) is 0 Å². The summed E-state index contributed by atoms with van der Waals surface area (Å²) in [4.78, 5) is 0. The predicted molar refractivity (Wildman–Crippen MR) is 56.7 cm³/mol. The highest BCUT2D eigenvalue weighted by Crippen LogP contribution is 2.43. The lowest BCUT2D eigenvalue weighted by Crippen LogP contribution is -2.08. The van der Waals surface area contributed by atoms with Crippen LogP contribution in [0.4, 0.5) is 0 Å². The Morgan fingerprint density at radius 1 is 1.18 bits per heavy atom. The van der Waals surface area contributed by atoms with Gasteiger partial charge >= 0.3 is 0 Å². The average Bonchev–Trinajstić information content (AvgIpc) is 2.10. The summed E-state index contributed by atoms with van der Waals surface area (Å²) in [5.41, 5.74) is 0. The molecule has 0 aromatic heterocycles. The maximum absolute atomic E-state index is 2.44. The highest BCUT2D eigenvalue weighted by molar-refractivity contribution is 8.32. The van der Waals surface area contributed by atoms with Crippen molar-refractivity contribution in [3.8, 4) is 0 Å². The van der Waals surface area contributed by atoms with Crippen LogP contribution in [-0.2, 0) is 0 Å². The molecule has 0 aromatic rings. The first-order valence-electron chi connectivity index (χ1n) is 4.63. The normalized spacial score (nSPS) is 34.2. The van der Waals surface area contributed by atoms with Crippen molar-refractivity contribution in [1.82, 2.24) is 0 Å². The van der Waals surface area contributed by atoms with Gasteiger partial charge in [0.05, 0.1) is 0 Å². The van der Waals surface area contributed by atoms with Gasteiger partial charge in [-0.1, -0.05) is 13.3 Å². The molecule has 0 amide bonds. The summed E-state index contributed by atoms with van der Waals surface area (Å²) < 4.78 is 0. The molecule has 1 saturated carbocycles. The van der Waals surface area contributed by atoms with E-state index in [2.05, 4.69) is 25.7 Å². The number of hydrogen-bond acceptors (Lipinski definition) is 0. The van der Waals surface area contributed by atoms with Crippen molar-refractivity contribution < 1.29 is 0 Å². The highest BCUT2D eigenvalue weighted by atomic mass is 32.3. The summed E-state index contributed by atoms with van der Waals surface area (Å²) in [5.74, 6) is 3.60. The van der Waals surface area contributed by atoms with Crippen LogP contribution in [0.25, 0.3) is 0 Å². The Kier molecular flexibility index (Phi) is 2.90. The molecule has 0 nitrogen and oxygen atoms in total. The lowest BCUT2D eigenvalue weighted by atomic mass is 10.1. The molecule has 0 radical (unpaired) electrons. The molecule has 1 aliphatic rings. The minimum absolute atomic E-state index is 0.231. The zero-order valence-corrected chi connectivity index (χ0v) is 9.21. The molecule has 1 heteroatoms. The fourth-order valence-electron chi connectivity index (χ4n) is 2.18. The molecule has 68 valence electrons. The van der Waals surface area contributed by atoms with E-state index in [1.807, 2.05) is 0 Å². The molecule has 1 rings (SSSR count). The lowest BCUT2D eigenvalue weighted by molar-refractivity contribution is 0.560. The third kappa shape index (κ3) is 3.50. The maximum Gasteiger partial charge on any atom is -0.0207 e. The first kappa shape index (κ1) is 9.44. The summed E-state index contributed by atoms with van der Waals surface area (Å²) in [6.07, 6.45) is 11.8. The van der Waals surface area contributed by atoms with E-state index in [4.69, 9.17) is 0 Å². The quantitative estimate of drug-likeness (QED) is 0.603. The third-order valence-electron chi connectivity index (χ3n) is 2.54. The summed E-state index contributed by atoms with van der Waals surface area (Å²) in [6.45, 7) is 2.40. The molecule has 2 unspecified atom stereocenters. The van der Waals surface area contributed by atoms with Crippen LogP contribution in [0.1, 0.15) is 26.2 Å². The van der Waals surface area contributed by atoms with Crippen LogP contribution in [0.15, 0.2) is 0 Å². The Morgan fingerprint density at radius 3 is 2.18 bits per heavy atom. The van der Waals surface area contributed by atoms with Crippen LogP contribution in [0.3, 0.4) is 0 Å². The van der Waals surface area contributed by atoms with E-state index < -0.39 is 0 Å². The first-order chi connectivity index (χ1) is 4.97. The summed E-state index contributed by atoms with van der Waals surface area (Å²) in [5, 5.41) is 0. The van der Waals surface area contributed by atoms with Gasteiger partial charge < -0.3 is 0 Å². The second-order valence-electron chi connectivity index (χ2n) is 5.04. The van der Waals surface area contributed by atoms with E-state index in [1.54, 1.807) is 0 Å². The molecule has 0 aliphatic heterocycles. The summed E-state index contributed by atoms with van der Waals surface area (Å²) in [6, 6.07) is 0. The van der Waals surface area contributed by atoms with Gasteiger partial charge in [-0.3, -0.25) is 0 Å². The summed E-state index contributed by atoms with van der Waals surface area (Å²) in [7, 11) is -0.231. The molecule has 2 atom stereocenters. The highest BCUT2D eigenvalue weighted by Gasteiger charge is 2.23. The largest absolute Gasteiger partial charge is 0.249 e. The van der Waals surface area contributed by atoms with Gasteiger partial charge in [-0.25, -0.2) is 10.0 Å². The van der Waals surface area contributed by atoms with Crippen LogP contribution in [-0.4, -0.2) is 24.5 Å². The minimum Gasteiger partial charge on any atom is -0.249 e. The Balaban J connectivity index is 2.29. The van der Waals surface area contributed by atoms with Crippen molar-refractivity contribution in [3.63, 3.8) is 0 Å². The van der Waals surface area contributed by atoms with E-state index in [0.717, 1.165) is 11.8 Å². The molecule has 0 heterocycles. The summed E-state index contributed by atoms with van der Waals surface area (Å²) >= 11 is 0. The smallest absolute Gasteiger partial charge is 0.0207 e. The standard InChI is InChI=1S/C10H22S/c1-9-5-6-10(7-9)8-11(2,3)4/h9-10H,5-8H2,1-4H3. The molecule has 0 spiro atoms. The van der Waals surface area contributed by atoms with Gasteiger partial charge in [0.15, 0.2) is 0 Å². The van der Waals surface area contributed by atoms with Gasteiger partial charge in [0.1, 0.15) is 0 Å². The fraction of sp³-hybridized carbons (Fsp3) is 1.00. The molecule has 11 heavy (non-hydrogen) atoms. The van der Waals surface area contributed by atoms with E-state index >= 15 is 0 Å². The van der Waals surface area contributed by atoms with Crippen LogP contribution < -0.4 is 0 Å². The van der Waals surface area contributed by atoms with Gasteiger partial charge in [-0.15, -0.1) is 0 Å². The van der Waals surface area contributed by atoms with E-state index in [0.29, 0.717) is 0 Å². The molecule has 1 fully saturated rings. The van der Waals surface area contributed by atoms with Crippen molar-refractivity contribution in [2.24, 2.45) is 11.8 Å². The number of hydrogen-bond donors (Lipinski definition) is 0. The topological polar surface area (TPSA) is 0 Å². The Hall–Kier alpha value is 0.350. The van der Waals surface area contributed by atoms with Crippen LogP contribution >= 0.6 is 10.0 Å². The van der Waals surface area contributed by atoms with Crippen molar-refractivity contribution in [3.05, 3.63) is 0 Å². The molecule has 0 aromatic carbocycles. The van der Waals surface area contributed by atoms with Gasteiger partial charge in [-0.2, -0.15) is 0 Å². The van der Waals surface area contributed by atoms with Crippen molar-refractivity contribution in [2.75, 3.05) is 24.5 Å². The van der Waals surface area contributed by atoms with Crippen LogP contribution in [0, 0.1) is 11.8 Å². The molecule has 1 aliphatic carbocycles. The Morgan fingerprint density at radius 2 is 1.82 bits per heavy atom. The van der Waals surface area contributed by atoms with E-state index in [1.165, 1.54) is 25.0 Å². The maximum atomic E-state index is 2.44. The Bertz CT molecular complexity index is 123.